The third-order valence-corrected chi connectivity index (χ3v) is 3.50. The number of ketones is 1. The standard InChI is InChI=1S/C13H10N2O2S/c1-8(16)4-10-6-18-13(15-10)9-2-3-11-12(5-9)17-7-14-11/h2-3,5-7H,4H2,1H3. The Morgan fingerprint density at radius 1 is 1.44 bits per heavy atom. The lowest BCUT2D eigenvalue weighted by atomic mass is 10.2. The molecule has 1 aromatic carbocycles. The van der Waals surface area contributed by atoms with E-state index in [1.807, 2.05) is 23.6 Å². The van der Waals surface area contributed by atoms with Crippen molar-refractivity contribution in [1.82, 2.24) is 9.97 Å². The van der Waals surface area contributed by atoms with Crippen LogP contribution in [0.1, 0.15) is 12.6 Å². The Morgan fingerprint density at radius 3 is 3.17 bits per heavy atom. The first-order valence-electron chi connectivity index (χ1n) is 5.50. The highest BCUT2D eigenvalue weighted by Gasteiger charge is 2.08. The summed E-state index contributed by atoms with van der Waals surface area (Å²) in [5.74, 6) is 0.123. The zero-order valence-electron chi connectivity index (χ0n) is 9.71. The monoisotopic (exact) mass is 258 g/mol. The van der Waals surface area contributed by atoms with Crippen molar-refractivity contribution in [3.63, 3.8) is 0 Å². The minimum Gasteiger partial charge on any atom is -0.443 e. The van der Waals surface area contributed by atoms with Gasteiger partial charge in [-0.25, -0.2) is 9.97 Å². The molecule has 0 fully saturated rings. The molecule has 2 heterocycles. The van der Waals surface area contributed by atoms with E-state index in [1.54, 1.807) is 6.92 Å². The molecular weight excluding hydrogens is 248 g/mol. The van der Waals surface area contributed by atoms with Crippen LogP contribution in [0.25, 0.3) is 21.7 Å². The van der Waals surface area contributed by atoms with Gasteiger partial charge in [0.25, 0.3) is 0 Å². The summed E-state index contributed by atoms with van der Waals surface area (Å²) < 4.78 is 5.26. The summed E-state index contributed by atoms with van der Waals surface area (Å²) in [5.41, 5.74) is 3.38. The lowest BCUT2D eigenvalue weighted by molar-refractivity contribution is -0.116. The average molecular weight is 258 g/mol. The highest BCUT2D eigenvalue weighted by Crippen LogP contribution is 2.27. The van der Waals surface area contributed by atoms with Crippen molar-refractivity contribution in [2.75, 3.05) is 0 Å². The molecule has 2 aromatic heterocycles. The Hall–Kier alpha value is -2.01. The van der Waals surface area contributed by atoms with Crippen LogP contribution in [0.3, 0.4) is 0 Å². The number of carbonyl (C=O) groups excluding carboxylic acids is 1. The molecule has 0 N–H and O–H groups in total. The van der Waals surface area contributed by atoms with Gasteiger partial charge in [-0.1, -0.05) is 0 Å². The maximum Gasteiger partial charge on any atom is 0.181 e. The topological polar surface area (TPSA) is 56.0 Å². The van der Waals surface area contributed by atoms with Gasteiger partial charge in [0.15, 0.2) is 12.0 Å². The van der Waals surface area contributed by atoms with Crippen LogP contribution in [0.5, 0.6) is 0 Å². The van der Waals surface area contributed by atoms with Gasteiger partial charge in [0.1, 0.15) is 16.3 Å². The predicted molar refractivity (Wildman–Crippen MR) is 69.5 cm³/mol. The number of oxazole rings is 1. The number of nitrogens with zero attached hydrogens (tertiary/aromatic N) is 2. The van der Waals surface area contributed by atoms with Crippen LogP contribution >= 0.6 is 11.3 Å². The van der Waals surface area contributed by atoms with Gasteiger partial charge in [-0.3, -0.25) is 4.79 Å². The molecule has 0 aliphatic rings. The fourth-order valence-electron chi connectivity index (χ4n) is 1.76. The highest BCUT2D eigenvalue weighted by molar-refractivity contribution is 7.13. The first kappa shape index (κ1) is 11.1. The second-order valence-electron chi connectivity index (χ2n) is 4.06. The summed E-state index contributed by atoms with van der Waals surface area (Å²) in [6, 6.07) is 5.78. The second kappa shape index (κ2) is 4.34. The van der Waals surface area contributed by atoms with Gasteiger partial charge in [-0.05, 0) is 25.1 Å². The van der Waals surface area contributed by atoms with Crippen LogP contribution in [0.15, 0.2) is 34.4 Å². The van der Waals surface area contributed by atoms with E-state index in [9.17, 15) is 4.79 Å². The second-order valence-corrected chi connectivity index (χ2v) is 4.92. The van der Waals surface area contributed by atoms with Crippen LogP contribution in [0.4, 0.5) is 0 Å². The van der Waals surface area contributed by atoms with E-state index in [0.717, 1.165) is 27.4 Å². The van der Waals surface area contributed by atoms with E-state index in [0.29, 0.717) is 6.42 Å². The number of benzene rings is 1. The molecule has 90 valence electrons. The molecule has 0 saturated heterocycles. The van der Waals surface area contributed by atoms with Crippen molar-refractivity contribution in [2.24, 2.45) is 0 Å². The Morgan fingerprint density at radius 2 is 2.33 bits per heavy atom. The number of carbonyl (C=O) groups is 1. The molecule has 0 radical (unpaired) electrons. The number of rotatable bonds is 3. The summed E-state index contributed by atoms with van der Waals surface area (Å²) in [7, 11) is 0. The Bertz CT molecular complexity index is 714. The van der Waals surface area contributed by atoms with Gasteiger partial charge in [-0.15, -0.1) is 11.3 Å². The van der Waals surface area contributed by atoms with Crippen LogP contribution in [-0.4, -0.2) is 15.8 Å². The molecule has 4 nitrogen and oxygen atoms in total. The maximum absolute atomic E-state index is 11.0. The van der Waals surface area contributed by atoms with E-state index >= 15 is 0 Å². The Balaban J connectivity index is 1.97. The molecule has 0 aliphatic heterocycles. The number of Topliss-reactive ketones (excluding diaryl/α,β-unsaturated/α-hetero) is 1. The number of fused-ring (bicyclic) bond motifs is 1. The lowest BCUT2D eigenvalue weighted by Crippen LogP contribution is -1.95. The number of aromatic nitrogens is 2. The molecule has 5 heteroatoms. The van der Waals surface area contributed by atoms with E-state index < -0.39 is 0 Å². The summed E-state index contributed by atoms with van der Waals surface area (Å²) >= 11 is 1.53. The van der Waals surface area contributed by atoms with E-state index in [1.165, 1.54) is 17.7 Å². The van der Waals surface area contributed by atoms with E-state index in [4.69, 9.17) is 4.42 Å². The minimum absolute atomic E-state index is 0.123. The zero-order chi connectivity index (χ0) is 12.5. The molecule has 18 heavy (non-hydrogen) atoms. The van der Waals surface area contributed by atoms with Crippen molar-refractivity contribution < 1.29 is 9.21 Å². The van der Waals surface area contributed by atoms with Crippen molar-refractivity contribution in [1.29, 1.82) is 0 Å². The molecule has 0 aliphatic carbocycles. The lowest BCUT2D eigenvalue weighted by Gasteiger charge is -1.95. The van der Waals surface area contributed by atoms with E-state index in [2.05, 4.69) is 9.97 Å². The predicted octanol–water partition coefficient (Wildman–Crippen LogP) is 3.08. The summed E-state index contributed by atoms with van der Waals surface area (Å²) in [6.07, 6.45) is 1.82. The zero-order valence-corrected chi connectivity index (χ0v) is 10.5. The van der Waals surface area contributed by atoms with Gasteiger partial charge in [0, 0.05) is 17.4 Å². The SMILES string of the molecule is CC(=O)Cc1csc(-c2ccc3ncoc3c2)n1. The van der Waals surface area contributed by atoms with Crippen molar-refractivity contribution in [2.45, 2.75) is 13.3 Å². The quantitative estimate of drug-likeness (QED) is 0.724. The Kier molecular flexibility index (Phi) is 2.68. The van der Waals surface area contributed by atoms with Gasteiger partial charge in [0.2, 0.25) is 0 Å². The molecule has 0 bridgehead atoms. The van der Waals surface area contributed by atoms with Crippen LogP contribution in [0.2, 0.25) is 0 Å². The third kappa shape index (κ3) is 2.04. The van der Waals surface area contributed by atoms with E-state index in [-0.39, 0.29) is 5.78 Å². The van der Waals surface area contributed by atoms with Gasteiger partial charge < -0.3 is 4.42 Å². The number of hydrogen-bond donors (Lipinski definition) is 0. The van der Waals surface area contributed by atoms with Crippen molar-refractivity contribution in [3.05, 3.63) is 35.7 Å². The Labute approximate surface area is 107 Å². The summed E-state index contributed by atoms with van der Waals surface area (Å²) in [4.78, 5) is 19.6. The average Bonchev–Trinajstić information content (AvgIpc) is 2.95. The highest BCUT2D eigenvalue weighted by atomic mass is 32.1. The van der Waals surface area contributed by atoms with Crippen molar-refractivity contribution >= 4 is 28.2 Å². The molecular formula is C13H10N2O2S. The fraction of sp³-hybridized carbons (Fsp3) is 0.154. The largest absolute Gasteiger partial charge is 0.443 e. The van der Waals surface area contributed by atoms with Crippen LogP contribution in [0, 0.1) is 0 Å². The summed E-state index contributed by atoms with van der Waals surface area (Å²) in [5, 5.41) is 2.81. The van der Waals surface area contributed by atoms with Crippen LogP contribution in [-0.2, 0) is 11.2 Å². The number of hydrogen-bond acceptors (Lipinski definition) is 5. The molecule has 0 saturated carbocycles. The maximum atomic E-state index is 11.0. The third-order valence-electron chi connectivity index (χ3n) is 2.56. The summed E-state index contributed by atoms with van der Waals surface area (Å²) in [6.45, 7) is 1.57. The van der Waals surface area contributed by atoms with Crippen molar-refractivity contribution in [3.8, 4) is 10.6 Å². The van der Waals surface area contributed by atoms with Gasteiger partial charge in [0.05, 0.1) is 5.69 Å². The molecule has 0 amide bonds. The number of thiazole rings is 1. The minimum atomic E-state index is 0.123. The van der Waals surface area contributed by atoms with Gasteiger partial charge >= 0.3 is 0 Å². The first-order valence-corrected chi connectivity index (χ1v) is 6.38. The fourth-order valence-corrected chi connectivity index (χ4v) is 2.58. The molecule has 0 unspecified atom stereocenters. The molecule has 0 spiro atoms. The first-order chi connectivity index (χ1) is 8.72. The van der Waals surface area contributed by atoms with Crippen LogP contribution < -0.4 is 0 Å². The smallest absolute Gasteiger partial charge is 0.181 e. The molecule has 3 aromatic rings. The molecule has 0 atom stereocenters. The molecule has 3 rings (SSSR count). The normalized spacial score (nSPS) is 10.9. The van der Waals surface area contributed by atoms with Gasteiger partial charge in [-0.2, -0.15) is 0 Å².